The van der Waals surface area contributed by atoms with E-state index in [0.29, 0.717) is 40.0 Å². The lowest BCUT2D eigenvalue weighted by molar-refractivity contribution is 0.0914. The first kappa shape index (κ1) is 28.7. The van der Waals surface area contributed by atoms with Gasteiger partial charge >= 0.3 is 0 Å². The van der Waals surface area contributed by atoms with E-state index in [1.54, 1.807) is 42.5 Å². The summed E-state index contributed by atoms with van der Waals surface area (Å²) in [4.78, 5) is 15.8. The molecule has 1 aliphatic heterocycles. The van der Waals surface area contributed by atoms with Gasteiger partial charge in [0.05, 0.1) is 21.2 Å². The van der Waals surface area contributed by atoms with Gasteiger partial charge in [0.15, 0.2) is 0 Å². The molecule has 3 aromatic carbocycles. The lowest BCUT2D eigenvalue weighted by Gasteiger charge is -2.36. The minimum Gasteiger partial charge on any atom is -0.456 e. The van der Waals surface area contributed by atoms with Gasteiger partial charge in [-0.05, 0) is 92.7 Å². The van der Waals surface area contributed by atoms with Gasteiger partial charge in [-0.25, -0.2) is 8.42 Å². The van der Waals surface area contributed by atoms with Gasteiger partial charge in [-0.3, -0.25) is 9.52 Å². The number of rotatable bonds is 9. The summed E-state index contributed by atoms with van der Waals surface area (Å²) in [5.41, 5.74) is 0.340. The Labute approximate surface area is 245 Å². The molecular weight excluding hydrogens is 569 g/mol. The Balaban J connectivity index is 1.24. The van der Waals surface area contributed by atoms with E-state index < -0.39 is 10.0 Å². The fraction of sp³-hybridized carbons (Fsp3) is 0.367. The van der Waals surface area contributed by atoms with E-state index >= 15 is 0 Å². The van der Waals surface area contributed by atoms with E-state index in [1.165, 1.54) is 49.9 Å². The third-order valence-corrected chi connectivity index (χ3v) is 9.54. The van der Waals surface area contributed by atoms with Gasteiger partial charge in [0.25, 0.3) is 15.9 Å². The van der Waals surface area contributed by atoms with Crippen molar-refractivity contribution in [3.63, 3.8) is 0 Å². The molecule has 5 rings (SSSR count). The molecule has 1 saturated heterocycles. The number of hydrogen-bond acceptors (Lipinski definition) is 5. The first-order chi connectivity index (χ1) is 19.3. The van der Waals surface area contributed by atoms with Crippen molar-refractivity contribution in [1.82, 2.24) is 10.2 Å². The number of nitrogens with one attached hydrogen (secondary N) is 2. The van der Waals surface area contributed by atoms with Crippen LogP contribution in [-0.2, 0) is 10.0 Å². The molecule has 2 fully saturated rings. The Morgan fingerprint density at radius 3 is 2.45 bits per heavy atom. The number of anilines is 1. The molecule has 2 aliphatic rings. The van der Waals surface area contributed by atoms with Gasteiger partial charge in [0.1, 0.15) is 11.5 Å². The number of hydrogen-bond donors (Lipinski definition) is 2. The number of halogens is 2. The first-order valence-electron chi connectivity index (χ1n) is 13.7. The van der Waals surface area contributed by atoms with Crippen LogP contribution in [0.5, 0.6) is 11.5 Å². The van der Waals surface area contributed by atoms with Crippen molar-refractivity contribution in [2.45, 2.75) is 49.5 Å². The highest BCUT2D eigenvalue weighted by Gasteiger charge is 2.28. The molecule has 7 nitrogen and oxygen atoms in total. The fourth-order valence-electron chi connectivity index (χ4n) is 5.54. The molecule has 1 atom stereocenters. The molecule has 1 amide bonds. The van der Waals surface area contributed by atoms with Crippen LogP contribution < -0.4 is 14.8 Å². The van der Waals surface area contributed by atoms with Crippen LogP contribution in [0, 0.1) is 5.92 Å². The lowest BCUT2D eigenvalue weighted by Crippen LogP contribution is -2.44. The normalized spacial score (nSPS) is 18.4. The SMILES string of the molecule is O=C(NC[C@H]1CCCN(C2CCCC2)C1)c1cc(Cl)ccc1NS(=O)(=O)c1ccc(Oc2ccccc2Cl)cc1. The number of piperidine rings is 1. The minimum atomic E-state index is -3.99. The third kappa shape index (κ3) is 7.10. The summed E-state index contributed by atoms with van der Waals surface area (Å²) in [6, 6.07) is 18.2. The molecule has 0 spiro atoms. The quantitative estimate of drug-likeness (QED) is 0.276. The molecule has 10 heteroatoms. The van der Waals surface area contributed by atoms with Crippen molar-refractivity contribution in [2.24, 2.45) is 5.92 Å². The van der Waals surface area contributed by atoms with Crippen molar-refractivity contribution in [3.8, 4) is 11.5 Å². The Bertz CT molecular complexity index is 1440. The number of carbonyl (C=O) groups excluding carboxylic acids is 1. The summed E-state index contributed by atoms with van der Waals surface area (Å²) in [7, 11) is -3.99. The average Bonchev–Trinajstić information content (AvgIpc) is 3.50. The molecule has 1 heterocycles. The molecule has 40 heavy (non-hydrogen) atoms. The Morgan fingerprint density at radius 2 is 1.70 bits per heavy atom. The average molecular weight is 603 g/mol. The van der Waals surface area contributed by atoms with Crippen molar-refractivity contribution in [2.75, 3.05) is 24.4 Å². The Morgan fingerprint density at radius 1 is 0.950 bits per heavy atom. The predicted molar refractivity (Wildman–Crippen MR) is 159 cm³/mol. The number of likely N-dealkylation sites (tertiary alicyclic amines) is 1. The van der Waals surface area contributed by atoms with Crippen LogP contribution in [0.1, 0.15) is 48.9 Å². The van der Waals surface area contributed by atoms with Crippen LogP contribution in [0.2, 0.25) is 10.0 Å². The van der Waals surface area contributed by atoms with Gasteiger partial charge in [-0.15, -0.1) is 0 Å². The summed E-state index contributed by atoms with van der Waals surface area (Å²) in [6.07, 6.45) is 7.33. The van der Waals surface area contributed by atoms with Gasteiger partial charge < -0.3 is 15.0 Å². The van der Waals surface area contributed by atoms with E-state index in [1.807, 2.05) is 0 Å². The van der Waals surface area contributed by atoms with E-state index in [0.717, 1.165) is 25.9 Å². The molecule has 1 saturated carbocycles. The molecule has 0 aromatic heterocycles. The topological polar surface area (TPSA) is 87.7 Å². The fourth-order valence-corrected chi connectivity index (χ4v) is 6.96. The number of amides is 1. The highest BCUT2D eigenvalue weighted by atomic mass is 35.5. The Kier molecular flexibility index (Phi) is 9.20. The van der Waals surface area contributed by atoms with Gasteiger partial charge in [-0.2, -0.15) is 0 Å². The van der Waals surface area contributed by atoms with Gasteiger partial charge in [0, 0.05) is 24.2 Å². The van der Waals surface area contributed by atoms with Crippen molar-refractivity contribution < 1.29 is 17.9 Å². The lowest BCUT2D eigenvalue weighted by atomic mass is 9.96. The molecule has 212 valence electrons. The maximum absolute atomic E-state index is 13.2. The maximum Gasteiger partial charge on any atom is 0.261 e. The summed E-state index contributed by atoms with van der Waals surface area (Å²) < 4.78 is 34.7. The molecule has 1 aliphatic carbocycles. The second-order valence-electron chi connectivity index (χ2n) is 10.5. The monoisotopic (exact) mass is 601 g/mol. The first-order valence-corrected chi connectivity index (χ1v) is 15.9. The minimum absolute atomic E-state index is 0.0227. The molecule has 0 radical (unpaired) electrons. The molecule has 0 unspecified atom stereocenters. The smallest absolute Gasteiger partial charge is 0.261 e. The van der Waals surface area contributed by atoms with Crippen LogP contribution in [0.3, 0.4) is 0 Å². The van der Waals surface area contributed by atoms with E-state index in [2.05, 4.69) is 14.9 Å². The highest BCUT2D eigenvalue weighted by Crippen LogP contribution is 2.31. The number of para-hydroxylation sites is 1. The van der Waals surface area contributed by atoms with Gasteiger partial charge in [0.2, 0.25) is 0 Å². The number of nitrogens with zero attached hydrogens (tertiary/aromatic N) is 1. The van der Waals surface area contributed by atoms with E-state index in [-0.39, 0.29) is 22.1 Å². The number of benzene rings is 3. The zero-order valence-electron chi connectivity index (χ0n) is 22.1. The van der Waals surface area contributed by atoms with Crippen LogP contribution in [0.25, 0.3) is 0 Å². The standard InChI is InChI=1S/C30H33Cl2N3O4S/c31-22-11-16-28(26(18-22)30(36)33-19-21-6-5-17-35(20-21)23-7-1-2-8-23)34-40(37,38)25-14-12-24(13-15-25)39-29-10-4-3-9-27(29)32/h3-4,9-16,18,21,23,34H,1-2,5-8,17,19-20H2,(H,33,36)/t21-/m1/s1. The predicted octanol–water partition coefficient (Wildman–Crippen LogP) is 6.97. The van der Waals surface area contributed by atoms with Crippen molar-refractivity contribution in [1.29, 1.82) is 0 Å². The number of sulfonamides is 1. The number of carbonyl (C=O) groups is 1. The zero-order valence-corrected chi connectivity index (χ0v) is 24.4. The van der Waals surface area contributed by atoms with Gasteiger partial charge in [-0.1, -0.05) is 48.2 Å². The molecule has 2 N–H and O–H groups in total. The summed E-state index contributed by atoms with van der Waals surface area (Å²) in [6.45, 7) is 2.65. The van der Waals surface area contributed by atoms with Crippen LogP contribution in [0.15, 0.2) is 71.6 Å². The summed E-state index contributed by atoms with van der Waals surface area (Å²) >= 11 is 12.3. The second kappa shape index (κ2) is 12.8. The summed E-state index contributed by atoms with van der Waals surface area (Å²) in [5, 5.41) is 3.82. The molecule has 0 bridgehead atoms. The molecular formula is C30H33Cl2N3O4S. The maximum atomic E-state index is 13.2. The third-order valence-electron chi connectivity index (χ3n) is 7.61. The van der Waals surface area contributed by atoms with Crippen molar-refractivity contribution >= 4 is 44.8 Å². The van der Waals surface area contributed by atoms with Crippen LogP contribution in [-0.4, -0.2) is 44.9 Å². The van der Waals surface area contributed by atoms with Crippen LogP contribution >= 0.6 is 23.2 Å². The van der Waals surface area contributed by atoms with E-state index in [4.69, 9.17) is 27.9 Å². The Hall–Kier alpha value is -2.78. The van der Waals surface area contributed by atoms with Crippen molar-refractivity contribution in [3.05, 3.63) is 82.3 Å². The largest absolute Gasteiger partial charge is 0.456 e. The number of ether oxygens (including phenoxy) is 1. The van der Waals surface area contributed by atoms with E-state index in [9.17, 15) is 13.2 Å². The summed E-state index contributed by atoms with van der Waals surface area (Å²) in [5.74, 6) is 0.910. The second-order valence-corrected chi connectivity index (χ2v) is 13.0. The van der Waals surface area contributed by atoms with Crippen LogP contribution in [0.4, 0.5) is 5.69 Å². The highest BCUT2D eigenvalue weighted by molar-refractivity contribution is 7.92. The zero-order chi connectivity index (χ0) is 28.1. The molecule has 3 aromatic rings.